The van der Waals surface area contributed by atoms with Gasteiger partial charge in [0.25, 0.3) is 0 Å². The van der Waals surface area contributed by atoms with Crippen LogP contribution in [0.25, 0.3) is 0 Å². The molecule has 0 saturated carbocycles. The number of piperidine rings is 1. The number of nitrogens with zero attached hydrogens (tertiary/aromatic N) is 2. The molecule has 2 fully saturated rings. The van der Waals surface area contributed by atoms with E-state index in [9.17, 15) is 4.79 Å². The third kappa shape index (κ3) is 2.83. The summed E-state index contributed by atoms with van der Waals surface area (Å²) in [5, 5.41) is 3.04. The Hall–Kier alpha value is -1.46. The van der Waals surface area contributed by atoms with Gasteiger partial charge in [0.1, 0.15) is 0 Å². The normalized spacial score (nSPS) is 29.9. The first-order valence-electron chi connectivity index (χ1n) is 7.21. The van der Waals surface area contributed by atoms with Gasteiger partial charge in [0, 0.05) is 44.6 Å². The van der Waals surface area contributed by atoms with Crippen molar-refractivity contribution in [2.24, 2.45) is 11.8 Å². The minimum absolute atomic E-state index is 0.0397. The monoisotopic (exact) mass is 275 g/mol. The number of hydrogen-bond donors (Lipinski definition) is 1. The van der Waals surface area contributed by atoms with Crippen molar-refractivity contribution in [1.82, 2.24) is 15.2 Å². The highest BCUT2D eigenvalue weighted by Gasteiger charge is 2.42. The highest BCUT2D eigenvalue weighted by Crippen LogP contribution is 2.33. The van der Waals surface area contributed by atoms with Gasteiger partial charge in [-0.2, -0.15) is 0 Å². The number of likely N-dealkylation sites (N-methyl/N-ethyl adjacent to an activating group) is 1. The number of aromatic nitrogens is 1. The number of rotatable bonds is 3. The first-order chi connectivity index (χ1) is 9.74. The number of hydrogen-bond acceptors (Lipinski definition) is 4. The summed E-state index contributed by atoms with van der Waals surface area (Å²) >= 11 is 0. The Balaban J connectivity index is 1.61. The molecule has 2 aliphatic rings. The van der Waals surface area contributed by atoms with Gasteiger partial charge in [-0.05, 0) is 25.1 Å². The second kappa shape index (κ2) is 5.89. The smallest absolute Gasteiger partial charge is 0.225 e. The summed E-state index contributed by atoms with van der Waals surface area (Å²) in [6.07, 6.45) is 4.75. The molecule has 0 spiro atoms. The lowest BCUT2D eigenvalue weighted by molar-refractivity contribution is -0.130. The van der Waals surface area contributed by atoms with E-state index in [1.54, 1.807) is 12.4 Å². The lowest BCUT2D eigenvalue weighted by atomic mass is 9.82. The molecule has 3 atom stereocenters. The van der Waals surface area contributed by atoms with E-state index < -0.39 is 0 Å². The summed E-state index contributed by atoms with van der Waals surface area (Å²) in [6, 6.07) is 3.86. The van der Waals surface area contributed by atoms with Crippen LogP contribution in [0.3, 0.4) is 0 Å². The largest absolute Gasteiger partial charge is 0.377 e. The Morgan fingerprint density at radius 1 is 1.55 bits per heavy atom. The molecule has 108 valence electrons. The maximum Gasteiger partial charge on any atom is 0.225 e. The second-order valence-corrected chi connectivity index (χ2v) is 5.77. The van der Waals surface area contributed by atoms with Gasteiger partial charge in [0.05, 0.1) is 12.0 Å². The lowest BCUT2D eigenvalue weighted by Gasteiger charge is -2.37. The number of nitrogens with one attached hydrogen (secondary N) is 1. The molecular weight excluding hydrogens is 254 g/mol. The molecule has 2 aliphatic heterocycles. The van der Waals surface area contributed by atoms with Crippen LogP contribution in [0, 0.1) is 11.8 Å². The van der Waals surface area contributed by atoms with Gasteiger partial charge in [-0.3, -0.25) is 9.78 Å². The summed E-state index contributed by atoms with van der Waals surface area (Å²) < 4.78 is 5.74. The SMILES string of the molecule is CN1C[C@H](C(=O)NCc2cccnc2)[C@@H]2CCO[C@@H]2C1. The standard InChI is InChI=1S/C15H21N3O2/c1-18-9-13(12-4-6-20-14(12)10-18)15(19)17-8-11-3-2-5-16-7-11/h2-3,5,7,12-14H,4,6,8-10H2,1H3,(H,17,19)/t12-,13-,14+/m0/s1. The molecule has 1 aromatic rings. The average molecular weight is 275 g/mol. The maximum atomic E-state index is 12.4. The van der Waals surface area contributed by atoms with Gasteiger partial charge in [-0.1, -0.05) is 6.07 Å². The van der Waals surface area contributed by atoms with E-state index in [0.717, 1.165) is 31.7 Å². The van der Waals surface area contributed by atoms with Crippen LogP contribution in [0.5, 0.6) is 0 Å². The first kappa shape index (κ1) is 13.5. The molecule has 1 N–H and O–H groups in total. The number of pyridine rings is 1. The topological polar surface area (TPSA) is 54.5 Å². The zero-order valence-corrected chi connectivity index (χ0v) is 11.8. The van der Waals surface area contributed by atoms with Crippen molar-refractivity contribution in [3.63, 3.8) is 0 Å². The van der Waals surface area contributed by atoms with E-state index in [1.807, 2.05) is 12.1 Å². The molecule has 1 aromatic heterocycles. The molecule has 2 saturated heterocycles. The molecule has 20 heavy (non-hydrogen) atoms. The van der Waals surface area contributed by atoms with E-state index in [0.29, 0.717) is 12.5 Å². The Labute approximate surface area is 119 Å². The van der Waals surface area contributed by atoms with Crippen molar-refractivity contribution in [3.8, 4) is 0 Å². The molecule has 0 unspecified atom stereocenters. The lowest BCUT2D eigenvalue weighted by Crippen LogP contribution is -2.51. The van der Waals surface area contributed by atoms with E-state index in [1.165, 1.54) is 0 Å². The molecule has 0 bridgehead atoms. The van der Waals surface area contributed by atoms with Gasteiger partial charge in [-0.25, -0.2) is 0 Å². The molecule has 1 amide bonds. The maximum absolute atomic E-state index is 12.4. The van der Waals surface area contributed by atoms with E-state index in [4.69, 9.17) is 4.74 Å². The second-order valence-electron chi connectivity index (χ2n) is 5.77. The Morgan fingerprint density at radius 2 is 2.45 bits per heavy atom. The number of carbonyl (C=O) groups is 1. The summed E-state index contributed by atoms with van der Waals surface area (Å²) in [6.45, 7) is 3.10. The number of ether oxygens (including phenoxy) is 1. The van der Waals surface area contributed by atoms with Crippen molar-refractivity contribution < 1.29 is 9.53 Å². The summed E-state index contributed by atoms with van der Waals surface area (Å²) in [5.74, 6) is 0.555. The molecule has 5 heteroatoms. The summed E-state index contributed by atoms with van der Waals surface area (Å²) in [4.78, 5) is 18.7. The fourth-order valence-electron chi connectivity index (χ4n) is 3.27. The third-order valence-corrected chi connectivity index (χ3v) is 4.30. The third-order valence-electron chi connectivity index (χ3n) is 4.30. The predicted octanol–water partition coefficient (Wildman–Crippen LogP) is 0.664. The number of carbonyl (C=O) groups excluding carboxylic acids is 1. The van der Waals surface area contributed by atoms with Crippen LogP contribution < -0.4 is 5.32 Å². The minimum atomic E-state index is 0.0397. The van der Waals surface area contributed by atoms with Gasteiger partial charge >= 0.3 is 0 Å². The molecule has 0 aromatic carbocycles. The Kier molecular flexibility index (Phi) is 3.98. The van der Waals surface area contributed by atoms with Crippen LogP contribution in [0.1, 0.15) is 12.0 Å². The van der Waals surface area contributed by atoms with E-state index in [-0.39, 0.29) is 17.9 Å². The van der Waals surface area contributed by atoms with Crippen LogP contribution in [0.2, 0.25) is 0 Å². The van der Waals surface area contributed by atoms with E-state index >= 15 is 0 Å². The van der Waals surface area contributed by atoms with Crippen LogP contribution in [0.15, 0.2) is 24.5 Å². The summed E-state index contributed by atoms with van der Waals surface area (Å²) in [5.41, 5.74) is 1.03. The van der Waals surface area contributed by atoms with Crippen LogP contribution >= 0.6 is 0 Å². The van der Waals surface area contributed by atoms with Gasteiger partial charge in [-0.15, -0.1) is 0 Å². The van der Waals surface area contributed by atoms with Crippen molar-refractivity contribution in [2.75, 3.05) is 26.7 Å². The number of fused-ring (bicyclic) bond motifs is 1. The van der Waals surface area contributed by atoms with E-state index in [2.05, 4.69) is 22.2 Å². The van der Waals surface area contributed by atoms with Crippen LogP contribution in [0.4, 0.5) is 0 Å². The average Bonchev–Trinajstić information content (AvgIpc) is 2.93. The molecule has 0 aliphatic carbocycles. The zero-order chi connectivity index (χ0) is 13.9. The van der Waals surface area contributed by atoms with Crippen molar-refractivity contribution >= 4 is 5.91 Å². The fourth-order valence-corrected chi connectivity index (χ4v) is 3.27. The number of amides is 1. The number of likely N-dealkylation sites (tertiary alicyclic amines) is 1. The van der Waals surface area contributed by atoms with Crippen LogP contribution in [-0.4, -0.2) is 48.6 Å². The molecule has 3 heterocycles. The fraction of sp³-hybridized carbons (Fsp3) is 0.600. The molecule has 5 nitrogen and oxygen atoms in total. The highest BCUT2D eigenvalue weighted by atomic mass is 16.5. The molecular formula is C15H21N3O2. The van der Waals surface area contributed by atoms with Gasteiger partial charge < -0.3 is 15.0 Å². The van der Waals surface area contributed by atoms with Crippen LogP contribution in [-0.2, 0) is 16.1 Å². The predicted molar refractivity (Wildman–Crippen MR) is 74.9 cm³/mol. The zero-order valence-electron chi connectivity index (χ0n) is 11.8. The highest BCUT2D eigenvalue weighted by molar-refractivity contribution is 5.79. The van der Waals surface area contributed by atoms with Gasteiger partial charge in [0.2, 0.25) is 5.91 Å². The summed E-state index contributed by atoms with van der Waals surface area (Å²) in [7, 11) is 2.05. The Bertz CT molecular complexity index is 465. The minimum Gasteiger partial charge on any atom is -0.377 e. The van der Waals surface area contributed by atoms with Crippen molar-refractivity contribution in [3.05, 3.63) is 30.1 Å². The Morgan fingerprint density at radius 3 is 3.25 bits per heavy atom. The molecule has 0 radical (unpaired) electrons. The van der Waals surface area contributed by atoms with Crippen molar-refractivity contribution in [1.29, 1.82) is 0 Å². The van der Waals surface area contributed by atoms with Crippen molar-refractivity contribution in [2.45, 2.75) is 19.1 Å². The quantitative estimate of drug-likeness (QED) is 0.880. The first-order valence-corrected chi connectivity index (χ1v) is 7.21. The van der Waals surface area contributed by atoms with Gasteiger partial charge in [0.15, 0.2) is 0 Å². The molecule has 3 rings (SSSR count).